The highest BCUT2D eigenvalue weighted by molar-refractivity contribution is 5.74. The van der Waals surface area contributed by atoms with Gasteiger partial charge in [-0.25, -0.2) is 18.6 Å². The number of nitrogens with zero attached hydrogens (tertiary/aromatic N) is 2. The van der Waals surface area contributed by atoms with E-state index in [1.807, 2.05) is 4.90 Å². The van der Waals surface area contributed by atoms with E-state index in [9.17, 15) is 13.6 Å². The maximum Gasteiger partial charge on any atom is 0.317 e. The third-order valence-electron chi connectivity index (χ3n) is 5.66. The molecule has 1 aromatic carbocycles. The third kappa shape index (κ3) is 4.28. The van der Waals surface area contributed by atoms with Crippen LogP contribution in [-0.4, -0.2) is 40.0 Å². The molecule has 0 saturated carbocycles. The lowest BCUT2D eigenvalue weighted by atomic mass is 9.90. The van der Waals surface area contributed by atoms with Crippen LogP contribution in [-0.2, 0) is 19.3 Å². The molecule has 2 N–H and O–H groups in total. The largest absolute Gasteiger partial charge is 0.348 e. The predicted octanol–water partition coefficient (Wildman–Crippen LogP) is 3.21. The van der Waals surface area contributed by atoms with E-state index < -0.39 is 11.6 Å². The number of carbonyl (C=O) groups excluding carboxylic acids is 1. The van der Waals surface area contributed by atoms with Crippen molar-refractivity contribution in [1.82, 2.24) is 20.2 Å². The number of halogens is 2. The van der Waals surface area contributed by atoms with Crippen LogP contribution >= 0.6 is 0 Å². The van der Waals surface area contributed by atoms with E-state index in [4.69, 9.17) is 0 Å². The van der Waals surface area contributed by atoms with Crippen molar-refractivity contribution in [2.45, 2.75) is 44.6 Å². The van der Waals surface area contributed by atoms with Crippen molar-refractivity contribution in [2.24, 2.45) is 5.92 Å². The number of hydrogen-bond donors (Lipinski definition) is 2. The number of amides is 2. The summed E-state index contributed by atoms with van der Waals surface area (Å²) < 4.78 is 26.7. The first-order valence-electron chi connectivity index (χ1n) is 9.58. The van der Waals surface area contributed by atoms with Gasteiger partial charge in [-0.05, 0) is 55.7 Å². The Morgan fingerprint density at radius 3 is 2.67 bits per heavy atom. The molecule has 0 unspecified atom stereocenters. The molecule has 0 radical (unpaired) electrons. The Morgan fingerprint density at radius 2 is 1.93 bits per heavy atom. The molecule has 0 spiro atoms. The standard InChI is InChI=1S/C20H24F2N4O/c21-15-8-14(9-16(22)10-15)7-13-3-5-26(6-4-13)20(27)25-17-1-2-18-19(11-17)24-12-23-18/h8-10,12-13,17H,1-7,11H2,(H,23,24)(H,25,27)/t17-/m0/s1. The fourth-order valence-electron chi connectivity index (χ4n) is 4.19. The molecular formula is C20H24F2N4O. The van der Waals surface area contributed by atoms with E-state index in [0.29, 0.717) is 31.0 Å². The molecule has 1 aliphatic carbocycles. The van der Waals surface area contributed by atoms with Crippen molar-refractivity contribution >= 4 is 6.03 Å². The smallest absolute Gasteiger partial charge is 0.317 e. The summed E-state index contributed by atoms with van der Waals surface area (Å²) in [6.45, 7) is 1.35. The maximum absolute atomic E-state index is 13.3. The minimum atomic E-state index is -0.533. The Labute approximate surface area is 157 Å². The summed E-state index contributed by atoms with van der Waals surface area (Å²) in [7, 11) is 0. The first-order chi connectivity index (χ1) is 13.1. The van der Waals surface area contributed by atoms with Crippen LogP contribution in [0.2, 0.25) is 0 Å². The third-order valence-corrected chi connectivity index (χ3v) is 5.66. The molecule has 2 aliphatic rings. The molecule has 5 nitrogen and oxygen atoms in total. The number of rotatable bonds is 3. The summed E-state index contributed by atoms with van der Waals surface area (Å²) in [4.78, 5) is 21.8. The van der Waals surface area contributed by atoms with Gasteiger partial charge in [0.05, 0.1) is 12.0 Å². The maximum atomic E-state index is 13.3. The van der Waals surface area contributed by atoms with Gasteiger partial charge in [0.1, 0.15) is 11.6 Å². The van der Waals surface area contributed by atoms with Crippen molar-refractivity contribution in [3.8, 4) is 0 Å². The number of imidazole rings is 1. The monoisotopic (exact) mass is 374 g/mol. The molecule has 1 atom stereocenters. The number of piperidine rings is 1. The first-order valence-corrected chi connectivity index (χ1v) is 9.58. The molecule has 2 amide bonds. The molecule has 1 aliphatic heterocycles. The molecule has 2 heterocycles. The number of aromatic amines is 1. The van der Waals surface area contributed by atoms with Crippen molar-refractivity contribution in [2.75, 3.05) is 13.1 Å². The normalized spacial score (nSPS) is 20.4. The van der Waals surface area contributed by atoms with Crippen LogP contribution < -0.4 is 5.32 Å². The number of hydrogen-bond acceptors (Lipinski definition) is 2. The van der Waals surface area contributed by atoms with Crippen molar-refractivity contribution in [3.05, 3.63) is 53.1 Å². The van der Waals surface area contributed by atoms with Gasteiger partial charge < -0.3 is 15.2 Å². The second-order valence-corrected chi connectivity index (χ2v) is 7.63. The Hall–Kier alpha value is -2.44. The molecule has 144 valence electrons. The van der Waals surface area contributed by atoms with Gasteiger partial charge in [-0.3, -0.25) is 0 Å². The lowest BCUT2D eigenvalue weighted by Gasteiger charge is -2.34. The number of likely N-dealkylation sites (tertiary alicyclic amines) is 1. The fourth-order valence-corrected chi connectivity index (χ4v) is 4.19. The zero-order chi connectivity index (χ0) is 18.8. The Kier molecular flexibility index (Phi) is 5.09. The average molecular weight is 374 g/mol. The van der Waals surface area contributed by atoms with E-state index in [0.717, 1.165) is 49.6 Å². The predicted molar refractivity (Wildman–Crippen MR) is 97.3 cm³/mol. The number of benzene rings is 1. The number of nitrogens with one attached hydrogen (secondary N) is 2. The average Bonchev–Trinajstić information content (AvgIpc) is 3.09. The van der Waals surface area contributed by atoms with E-state index in [2.05, 4.69) is 15.3 Å². The van der Waals surface area contributed by atoms with Gasteiger partial charge in [0.25, 0.3) is 0 Å². The molecule has 1 aromatic heterocycles. The fraction of sp³-hybridized carbons (Fsp3) is 0.500. The summed E-state index contributed by atoms with van der Waals surface area (Å²) in [6.07, 6.45) is 6.64. The summed E-state index contributed by atoms with van der Waals surface area (Å²) in [5.74, 6) is -0.720. The zero-order valence-corrected chi connectivity index (χ0v) is 15.2. The topological polar surface area (TPSA) is 61.0 Å². The number of fused-ring (bicyclic) bond motifs is 1. The van der Waals surface area contributed by atoms with Crippen molar-refractivity contribution in [1.29, 1.82) is 0 Å². The van der Waals surface area contributed by atoms with Gasteiger partial charge in [-0.15, -0.1) is 0 Å². The van der Waals surface area contributed by atoms with Crippen LogP contribution in [0.15, 0.2) is 24.5 Å². The highest BCUT2D eigenvalue weighted by atomic mass is 19.1. The van der Waals surface area contributed by atoms with Gasteiger partial charge in [0, 0.05) is 37.3 Å². The van der Waals surface area contributed by atoms with Crippen molar-refractivity contribution < 1.29 is 13.6 Å². The van der Waals surface area contributed by atoms with Gasteiger partial charge in [-0.2, -0.15) is 0 Å². The number of urea groups is 1. The van der Waals surface area contributed by atoms with Crippen LogP contribution in [0.25, 0.3) is 0 Å². The second kappa shape index (κ2) is 7.66. The highest BCUT2D eigenvalue weighted by Gasteiger charge is 2.27. The minimum Gasteiger partial charge on any atom is -0.348 e. The van der Waals surface area contributed by atoms with Crippen molar-refractivity contribution in [3.63, 3.8) is 0 Å². The molecule has 7 heteroatoms. The molecule has 4 rings (SSSR count). The number of aromatic nitrogens is 2. The van der Waals surface area contributed by atoms with E-state index in [-0.39, 0.29) is 12.1 Å². The molecule has 27 heavy (non-hydrogen) atoms. The number of aryl methyl sites for hydroxylation is 1. The summed E-state index contributed by atoms with van der Waals surface area (Å²) in [6, 6.07) is 3.81. The van der Waals surface area contributed by atoms with Crippen LogP contribution in [0.3, 0.4) is 0 Å². The van der Waals surface area contributed by atoms with Gasteiger partial charge in [0.2, 0.25) is 0 Å². The first kappa shape index (κ1) is 17.9. The number of H-pyrrole nitrogens is 1. The van der Waals surface area contributed by atoms with E-state index in [1.54, 1.807) is 6.33 Å². The number of carbonyl (C=O) groups is 1. The van der Waals surface area contributed by atoms with Crippen LogP contribution in [0.1, 0.15) is 36.2 Å². The highest BCUT2D eigenvalue weighted by Crippen LogP contribution is 2.23. The Morgan fingerprint density at radius 1 is 1.19 bits per heavy atom. The van der Waals surface area contributed by atoms with Crippen LogP contribution in [0.5, 0.6) is 0 Å². The lowest BCUT2D eigenvalue weighted by molar-refractivity contribution is 0.166. The quantitative estimate of drug-likeness (QED) is 0.867. The zero-order valence-electron chi connectivity index (χ0n) is 15.2. The summed E-state index contributed by atoms with van der Waals surface area (Å²) >= 11 is 0. The molecular weight excluding hydrogens is 350 g/mol. The van der Waals surface area contributed by atoms with Gasteiger partial charge in [-0.1, -0.05) is 0 Å². The molecule has 2 aromatic rings. The summed E-state index contributed by atoms with van der Waals surface area (Å²) in [5, 5.41) is 3.14. The van der Waals surface area contributed by atoms with E-state index in [1.165, 1.54) is 12.1 Å². The van der Waals surface area contributed by atoms with Gasteiger partial charge >= 0.3 is 6.03 Å². The second-order valence-electron chi connectivity index (χ2n) is 7.63. The minimum absolute atomic E-state index is 0.0155. The summed E-state index contributed by atoms with van der Waals surface area (Å²) in [5.41, 5.74) is 2.91. The van der Waals surface area contributed by atoms with E-state index >= 15 is 0 Å². The Bertz CT molecular complexity index is 794. The SMILES string of the molecule is O=C(N[C@H]1CCc2nc[nH]c2C1)N1CCC(Cc2cc(F)cc(F)c2)CC1. The van der Waals surface area contributed by atoms with Crippen LogP contribution in [0.4, 0.5) is 13.6 Å². The molecule has 1 fully saturated rings. The van der Waals surface area contributed by atoms with Gasteiger partial charge in [0.15, 0.2) is 0 Å². The lowest BCUT2D eigenvalue weighted by Crippen LogP contribution is -2.49. The Balaban J connectivity index is 1.26. The van der Waals surface area contributed by atoms with Crippen LogP contribution in [0, 0.1) is 17.6 Å². The molecule has 1 saturated heterocycles. The molecule has 0 bridgehead atoms.